The van der Waals surface area contributed by atoms with Gasteiger partial charge in [0.15, 0.2) is 5.84 Å². The van der Waals surface area contributed by atoms with E-state index >= 15 is 0 Å². The number of allylic oxidation sites excluding steroid dienone is 2. The van der Waals surface area contributed by atoms with Gasteiger partial charge in [-0.3, -0.25) is 4.99 Å². The number of hydrogen-bond donors (Lipinski definition) is 1. The van der Waals surface area contributed by atoms with E-state index in [2.05, 4.69) is 191 Å². The first-order valence-electron chi connectivity index (χ1n) is 21.6. The summed E-state index contributed by atoms with van der Waals surface area (Å²) < 4.78 is 2.38. The van der Waals surface area contributed by atoms with Gasteiger partial charge in [-0.2, -0.15) is 0 Å². The summed E-state index contributed by atoms with van der Waals surface area (Å²) >= 11 is 0. The summed E-state index contributed by atoms with van der Waals surface area (Å²) in [7, 11) is 0. The van der Waals surface area contributed by atoms with Crippen LogP contribution in [0, 0.1) is 0 Å². The van der Waals surface area contributed by atoms with Crippen molar-refractivity contribution in [2.75, 3.05) is 11.6 Å². The van der Waals surface area contributed by atoms with Crippen molar-refractivity contribution >= 4 is 50.3 Å². The van der Waals surface area contributed by atoms with Gasteiger partial charge in [0, 0.05) is 44.4 Å². The van der Waals surface area contributed by atoms with Gasteiger partial charge in [0.05, 0.1) is 34.6 Å². The Morgan fingerprint density at radius 2 is 1.14 bits per heavy atom. The van der Waals surface area contributed by atoms with E-state index in [9.17, 15) is 0 Å². The SMILES string of the molecule is CC12CC=CC=C1c1ccc(-c3ccc(C(=NC(=NCN)c4ccccc4)c4ccccc4)cc3)cc1N2c1ccc(-c2ccc3c4ccccc4n(-c4ccccc4)c3c2)cc1. The summed E-state index contributed by atoms with van der Waals surface area (Å²) in [6, 6.07) is 71.4. The maximum absolute atomic E-state index is 5.95. The molecule has 0 saturated heterocycles. The number of benzene rings is 8. The summed E-state index contributed by atoms with van der Waals surface area (Å²) in [6.07, 6.45) is 7.72. The zero-order valence-electron chi connectivity index (χ0n) is 35.1. The van der Waals surface area contributed by atoms with Crippen LogP contribution < -0.4 is 10.6 Å². The summed E-state index contributed by atoms with van der Waals surface area (Å²) in [4.78, 5) is 12.3. The van der Waals surface area contributed by atoms with E-state index < -0.39 is 0 Å². The molecule has 0 bridgehead atoms. The van der Waals surface area contributed by atoms with Gasteiger partial charge < -0.3 is 15.2 Å². The Kier molecular flexibility index (Phi) is 9.60. The monoisotopic (exact) mass is 811 g/mol. The molecule has 1 atom stereocenters. The average Bonchev–Trinajstić information content (AvgIpc) is 3.82. The van der Waals surface area contributed by atoms with Gasteiger partial charge in [-0.1, -0.05) is 176 Å². The fourth-order valence-electron chi connectivity index (χ4n) is 9.65. The first kappa shape index (κ1) is 38.1. The molecule has 1 aromatic heterocycles. The first-order valence-corrected chi connectivity index (χ1v) is 21.6. The van der Waals surface area contributed by atoms with E-state index in [0.29, 0.717) is 5.84 Å². The predicted molar refractivity (Wildman–Crippen MR) is 264 cm³/mol. The molecule has 1 aliphatic heterocycles. The molecule has 5 heteroatoms. The summed E-state index contributed by atoms with van der Waals surface area (Å²) in [5.74, 6) is 0.611. The Morgan fingerprint density at radius 3 is 1.87 bits per heavy atom. The number of aliphatic imine (C=N–C) groups is 2. The molecule has 0 spiro atoms. The lowest BCUT2D eigenvalue weighted by atomic mass is 9.83. The zero-order chi connectivity index (χ0) is 42.3. The van der Waals surface area contributed by atoms with Crippen LogP contribution in [0.4, 0.5) is 11.4 Å². The van der Waals surface area contributed by atoms with Crippen LogP contribution >= 0.6 is 0 Å². The smallest absolute Gasteiger partial charge is 0.156 e. The van der Waals surface area contributed by atoms with Gasteiger partial charge in [0.2, 0.25) is 0 Å². The van der Waals surface area contributed by atoms with E-state index in [1.54, 1.807) is 0 Å². The third-order valence-corrected chi connectivity index (χ3v) is 12.7. The molecule has 0 saturated carbocycles. The third-order valence-electron chi connectivity index (χ3n) is 12.7. The lowest BCUT2D eigenvalue weighted by molar-refractivity contribution is 0.607. The number of rotatable bonds is 8. The largest absolute Gasteiger partial charge is 0.331 e. The Bertz CT molecular complexity index is 3270. The topological polar surface area (TPSA) is 58.9 Å². The first-order chi connectivity index (χ1) is 31.1. The minimum Gasteiger partial charge on any atom is -0.331 e. The molecule has 5 nitrogen and oxygen atoms in total. The lowest BCUT2D eigenvalue weighted by Crippen LogP contribution is -2.40. The Morgan fingerprint density at radius 1 is 0.556 bits per heavy atom. The molecule has 0 radical (unpaired) electrons. The second-order valence-electron chi connectivity index (χ2n) is 16.5. The predicted octanol–water partition coefficient (Wildman–Crippen LogP) is 13.6. The molecule has 11 rings (SSSR count). The van der Waals surface area contributed by atoms with Crippen LogP contribution in [0.25, 0.3) is 55.3 Å². The van der Waals surface area contributed by atoms with E-state index in [1.165, 1.54) is 55.4 Å². The highest BCUT2D eigenvalue weighted by molar-refractivity contribution is 6.20. The molecule has 302 valence electrons. The molecule has 8 aromatic carbocycles. The van der Waals surface area contributed by atoms with Crippen molar-refractivity contribution in [3.8, 4) is 27.9 Å². The highest BCUT2D eigenvalue weighted by atomic mass is 15.2. The van der Waals surface area contributed by atoms with Crippen molar-refractivity contribution < 1.29 is 0 Å². The maximum Gasteiger partial charge on any atom is 0.156 e. The zero-order valence-corrected chi connectivity index (χ0v) is 35.1. The second kappa shape index (κ2) is 15.9. The maximum atomic E-state index is 5.95. The lowest BCUT2D eigenvalue weighted by Gasteiger charge is -2.39. The van der Waals surface area contributed by atoms with Crippen LogP contribution in [0.15, 0.2) is 228 Å². The van der Waals surface area contributed by atoms with Crippen molar-refractivity contribution in [2.24, 2.45) is 15.7 Å². The molecule has 63 heavy (non-hydrogen) atoms. The third kappa shape index (κ3) is 6.71. The van der Waals surface area contributed by atoms with Crippen molar-refractivity contribution in [2.45, 2.75) is 18.9 Å². The van der Waals surface area contributed by atoms with Gasteiger partial charge in [-0.25, -0.2) is 4.99 Å². The highest BCUT2D eigenvalue weighted by Gasteiger charge is 2.45. The number of amidine groups is 1. The van der Waals surface area contributed by atoms with Gasteiger partial charge in [-0.15, -0.1) is 0 Å². The van der Waals surface area contributed by atoms with Gasteiger partial charge in [-0.05, 0) is 83.6 Å². The quantitative estimate of drug-likeness (QED) is 0.123. The average molecular weight is 812 g/mol. The van der Waals surface area contributed by atoms with Crippen LogP contribution in [0.2, 0.25) is 0 Å². The minimum atomic E-state index is -0.223. The number of para-hydroxylation sites is 2. The second-order valence-corrected chi connectivity index (χ2v) is 16.5. The summed E-state index contributed by atoms with van der Waals surface area (Å²) in [5, 5.41) is 2.52. The Hall–Kier alpha value is -7.86. The molecule has 9 aromatic rings. The number of nitrogens with two attached hydrogens (primary N) is 1. The highest BCUT2D eigenvalue weighted by Crippen LogP contribution is 2.54. The van der Waals surface area contributed by atoms with E-state index in [-0.39, 0.29) is 12.2 Å². The molecular weight excluding hydrogens is 767 g/mol. The molecule has 2 heterocycles. The summed E-state index contributed by atoms with van der Waals surface area (Å²) in [5.41, 5.74) is 22.8. The molecule has 0 amide bonds. The van der Waals surface area contributed by atoms with Crippen LogP contribution in [-0.4, -0.2) is 28.3 Å². The fraction of sp³-hybridized carbons (Fsp3) is 0.0690. The van der Waals surface area contributed by atoms with Gasteiger partial charge >= 0.3 is 0 Å². The minimum absolute atomic E-state index is 0.151. The van der Waals surface area contributed by atoms with E-state index in [4.69, 9.17) is 10.7 Å². The summed E-state index contributed by atoms with van der Waals surface area (Å²) in [6.45, 7) is 2.53. The van der Waals surface area contributed by atoms with Crippen LogP contribution in [0.1, 0.15) is 35.6 Å². The number of hydrogen-bond acceptors (Lipinski definition) is 3. The normalized spacial score (nSPS) is 16.0. The Balaban J connectivity index is 0.951. The number of fused-ring (bicyclic) bond motifs is 6. The number of nitrogens with zero attached hydrogens (tertiary/aromatic N) is 4. The molecule has 1 unspecified atom stereocenters. The van der Waals surface area contributed by atoms with Crippen molar-refractivity contribution in [1.82, 2.24) is 4.57 Å². The number of anilines is 2. The molecule has 2 aliphatic rings. The molecule has 1 aliphatic carbocycles. The van der Waals surface area contributed by atoms with Crippen LogP contribution in [-0.2, 0) is 0 Å². The standard InChI is InChI=1S/C58H45N5/c1-58-36-14-13-22-52(58)51-35-31-46(40-24-26-43(27-25-40)56(42-15-5-2-6-16-42)61-57(60-39-59)44-17-7-3-8-18-44)38-55(51)63(58)48-32-28-41(29-33-48)45-30-34-50-49-21-11-12-23-53(49)62(54(50)37-45)47-19-9-4-10-20-47/h2-35,37-38H,36,39,59H2,1H3. The molecule has 0 fully saturated rings. The molecule has 2 N–H and O–H groups in total. The number of aromatic nitrogens is 1. The van der Waals surface area contributed by atoms with E-state index in [1.807, 2.05) is 48.5 Å². The van der Waals surface area contributed by atoms with Crippen molar-refractivity contribution in [3.63, 3.8) is 0 Å². The van der Waals surface area contributed by atoms with E-state index in [0.717, 1.165) is 45.6 Å². The van der Waals surface area contributed by atoms with Crippen molar-refractivity contribution in [1.29, 1.82) is 0 Å². The molecular formula is C58H45N5. The van der Waals surface area contributed by atoms with Crippen LogP contribution in [0.5, 0.6) is 0 Å². The van der Waals surface area contributed by atoms with Gasteiger partial charge in [0.1, 0.15) is 0 Å². The Labute approximate surface area is 368 Å². The van der Waals surface area contributed by atoms with Crippen molar-refractivity contribution in [3.05, 3.63) is 241 Å². The van der Waals surface area contributed by atoms with Gasteiger partial charge in [0.25, 0.3) is 0 Å². The fourth-order valence-corrected chi connectivity index (χ4v) is 9.65. The van der Waals surface area contributed by atoms with Crippen LogP contribution in [0.3, 0.4) is 0 Å².